The van der Waals surface area contributed by atoms with Gasteiger partial charge in [0.2, 0.25) is 5.91 Å². The van der Waals surface area contributed by atoms with Crippen LogP contribution in [0.15, 0.2) is 36.4 Å². The smallest absolute Gasteiger partial charge is 0.379 e. The normalized spacial score (nSPS) is 18.7. The topological polar surface area (TPSA) is 62.0 Å². The highest BCUT2D eigenvalue weighted by Gasteiger charge is 2.35. The van der Waals surface area contributed by atoms with Gasteiger partial charge in [-0.2, -0.15) is 13.2 Å². The standard InChI is InChI=1S/C29H37Cl2F3N4O2/c1-19(2)15-25(35)23-17-21(29(32,33)34)4-6-26(23)36-7-9-38(10-8-36)28(39)27(37-11-13-40-14-12-37)16-20-3-5-22(30)18-24(20)31/h3-6,17-19,25,27H,7-16,35H2,1-2H3. The molecule has 11 heteroatoms. The molecule has 2 heterocycles. The summed E-state index contributed by atoms with van der Waals surface area (Å²) >= 11 is 12.5. The van der Waals surface area contributed by atoms with Crippen molar-refractivity contribution in [1.29, 1.82) is 0 Å². The molecule has 4 rings (SSSR count). The van der Waals surface area contributed by atoms with Gasteiger partial charge in [0.1, 0.15) is 0 Å². The molecule has 0 radical (unpaired) electrons. The van der Waals surface area contributed by atoms with Crippen LogP contribution in [0.4, 0.5) is 18.9 Å². The molecule has 0 spiro atoms. The number of hydrogen-bond donors (Lipinski definition) is 1. The Kier molecular flexibility index (Phi) is 10.3. The summed E-state index contributed by atoms with van der Waals surface area (Å²) in [7, 11) is 0. The largest absolute Gasteiger partial charge is 0.416 e. The second-order valence-electron chi connectivity index (χ2n) is 10.9. The molecule has 2 atom stereocenters. The van der Waals surface area contributed by atoms with Crippen molar-refractivity contribution in [3.63, 3.8) is 0 Å². The molecular weight excluding hydrogens is 564 g/mol. The Balaban J connectivity index is 1.51. The lowest BCUT2D eigenvalue weighted by molar-refractivity contribution is -0.139. The molecule has 220 valence electrons. The fraction of sp³-hybridized carbons (Fsp3) is 0.552. The van der Waals surface area contributed by atoms with E-state index in [-0.39, 0.29) is 11.8 Å². The fourth-order valence-electron chi connectivity index (χ4n) is 5.49. The highest BCUT2D eigenvalue weighted by Crippen LogP contribution is 2.36. The Morgan fingerprint density at radius 3 is 2.27 bits per heavy atom. The quantitative estimate of drug-likeness (QED) is 0.424. The number of piperazine rings is 1. The number of amides is 1. The van der Waals surface area contributed by atoms with Crippen LogP contribution in [0, 0.1) is 5.92 Å². The van der Waals surface area contributed by atoms with E-state index in [4.69, 9.17) is 33.7 Å². The predicted molar refractivity (Wildman–Crippen MR) is 153 cm³/mol. The lowest BCUT2D eigenvalue weighted by Gasteiger charge is -2.41. The van der Waals surface area contributed by atoms with E-state index in [0.29, 0.717) is 86.6 Å². The number of rotatable bonds is 8. The van der Waals surface area contributed by atoms with E-state index in [9.17, 15) is 18.0 Å². The third kappa shape index (κ3) is 7.62. The van der Waals surface area contributed by atoms with Gasteiger partial charge in [0.25, 0.3) is 0 Å². The molecule has 2 N–H and O–H groups in total. The first kappa shape index (κ1) is 30.9. The maximum atomic E-state index is 13.9. The predicted octanol–water partition coefficient (Wildman–Crippen LogP) is 5.65. The molecule has 0 aliphatic carbocycles. The van der Waals surface area contributed by atoms with Gasteiger partial charge in [0, 0.05) is 61.0 Å². The number of morpholine rings is 1. The molecule has 2 aromatic rings. The van der Waals surface area contributed by atoms with Gasteiger partial charge in [-0.25, -0.2) is 0 Å². The van der Waals surface area contributed by atoms with Crippen molar-refractivity contribution in [1.82, 2.24) is 9.80 Å². The van der Waals surface area contributed by atoms with Crippen LogP contribution < -0.4 is 10.6 Å². The van der Waals surface area contributed by atoms with Crippen molar-refractivity contribution < 1.29 is 22.7 Å². The Morgan fingerprint density at radius 1 is 1.00 bits per heavy atom. The first-order valence-corrected chi connectivity index (χ1v) is 14.5. The Morgan fingerprint density at radius 2 is 1.68 bits per heavy atom. The number of nitrogens with two attached hydrogens (primary N) is 1. The second kappa shape index (κ2) is 13.3. The van der Waals surface area contributed by atoms with Crippen LogP contribution in [0.2, 0.25) is 10.0 Å². The van der Waals surface area contributed by atoms with Gasteiger partial charge in [-0.3, -0.25) is 9.69 Å². The Bertz CT molecular complexity index is 1170. The summed E-state index contributed by atoms with van der Waals surface area (Å²) < 4.78 is 46.1. The lowest BCUT2D eigenvalue weighted by atomic mass is 9.94. The maximum absolute atomic E-state index is 13.9. The third-order valence-corrected chi connectivity index (χ3v) is 8.20. The zero-order valence-electron chi connectivity index (χ0n) is 22.9. The number of anilines is 1. The number of nitrogens with zero attached hydrogens (tertiary/aromatic N) is 3. The van der Waals surface area contributed by atoms with Crippen molar-refractivity contribution in [2.75, 3.05) is 57.4 Å². The van der Waals surface area contributed by atoms with Gasteiger partial charge >= 0.3 is 6.18 Å². The van der Waals surface area contributed by atoms with Crippen LogP contribution in [-0.2, 0) is 22.1 Å². The summed E-state index contributed by atoms with van der Waals surface area (Å²) in [6, 6.07) is 8.21. The summed E-state index contributed by atoms with van der Waals surface area (Å²) in [5.41, 5.74) is 7.76. The monoisotopic (exact) mass is 600 g/mol. The van der Waals surface area contributed by atoms with Crippen molar-refractivity contribution in [3.8, 4) is 0 Å². The highest BCUT2D eigenvalue weighted by atomic mass is 35.5. The summed E-state index contributed by atoms with van der Waals surface area (Å²) in [5, 5.41) is 1.06. The van der Waals surface area contributed by atoms with Crippen LogP contribution >= 0.6 is 23.2 Å². The van der Waals surface area contributed by atoms with E-state index >= 15 is 0 Å². The second-order valence-corrected chi connectivity index (χ2v) is 11.8. The van der Waals surface area contributed by atoms with E-state index in [2.05, 4.69) is 4.90 Å². The summed E-state index contributed by atoms with van der Waals surface area (Å²) in [4.78, 5) is 19.9. The molecule has 0 saturated carbocycles. The van der Waals surface area contributed by atoms with Crippen molar-refractivity contribution in [3.05, 3.63) is 63.1 Å². The number of ether oxygens (including phenoxy) is 1. The zero-order chi connectivity index (χ0) is 29.0. The van der Waals surface area contributed by atoms with Crippen LogP contribution in [0.1, 0.15) is 43.0 Å². The lowest BCUT2D eigenvalue weighted by Crippen LogP contribution is -2.57. The maximum Gasteiger partial charge on any atom is 0.416 e. The van der Waals surface area contributed by atoms with Crippen LogP contribution in [-0.4, -0.2) is 74.2 Å². The molecule has 0 bridgehead atoms. The molecule has 1 amide bonds. The van der Waals surface area contributed by atoms with Gasteiger partial charge in [-0.15, -0.1) is 0 Å². The SMILES string of the molecule is CC(C)CC(N)c1cc(C(F)(F)F)ccc1N1CCN(C(=O)C(Cc2ccc(Cl)cc2Cl)N2CCOCC2)CC1. The molecule has 2 unspecified atom stereocenters. The molecule has 2 saturated heterocycles. The number of carbonyl (C=O) groups excluding carboxylic acids is 1. The zero-order valence-corrected chi connectivity index (χ0v) is 24.4. The minimum absolute atomic E-state index is 0.0109. The molecule has 2 fully saturated rings. The molecule has 6 nitrogen and oxygen atoms in total. The summed E-state index contributed by atoms with van der Waals surface area (Å²) in [5.74, 6) is 0.245. The van der Waals surface area contributed by atoms with Crippen molar-refractivity contribution in [2.45, 2.75) is 44.9 Å². The van der Waals surface area contributed by atoms with Crippen molar-refractivity contribution >= 4 is 34.8 Å². The van der Waals surface area contributed by atoms with E-state index in [1.165, 1.54) is 12.1 Å². The van der Waals surface area contributed by atoms with Gasteiger partial charge in [0.15, 0.2) is 0 Å². The minimum atomic E-state index is -4.45. The molecule has 2 aromatic carbocycles. The first-order valence-electron chi connectivity index (χ1n) is 13.7. The van der Waals surface area contributed by atoms with E-state index in [1.807, 2.05) is 29.7 Å². The average Bonchev–Trinajstić information content (AvgIpc) is 2.91. The van der Waals surface area contributed by atoms with E-state index < -0.39 is 23.8 Å². The molecule has 2 aliphatic heterocycles. The van der Waals surface area contributed by atoms with Gasteiger partial charge in [0.05, 0.1) is 24.8 Å². The van der Waals surface area contributed by atoms with Gasteiger partial charge < -0.3 is 20.3 Å². The fourth-order valence-corrected chi connectivity index (χ4v) is 5.97. The number of carbonyl (C=O) groups is 1. The number of hydrogen-bond acceptors (Lipinski definition) is 5. The third-order valence-electron chi connectivity index (χ3n) is 7.61. The Hall–Kier alpha value is -2.04. The molecule has 2 aliphatic rings. The van der Waals surface area contributed by atoms with E-state index in [0.717, 1.165) is 11.6 Å². The van der Waals surface area contributed by atoms with Crippen LogP contribution in [0.25, 0.3) is 0 Å². The van der Waals surface area contributed by atoms with Crippen molar-refractivity contribution in [2.24, 2.45) is 11.7 Å². The summed E-state index contributed by atoms with van der Waals surface area (Å²) in [6.45, 7) is 8.29. The Labute approximate surface area is 244 Å². The minimum Gasteiger partial charge on any atom is -0.379 e. The summed E-state index contributed by atoms with van der Waals surface area (Å²) in [6.07, 6.45) is -3.43. The van der Waals surface area contributed by atoms with Crippen LogP contribution in [0.5, 0.6) is 0 Å². The number of alkyl halides is 3. The van der Waals surface area contributed by atoms with Gasteiger partial charge in [-0.1, -0.05) is 43.1 Å². The number of halogens is 5. The van der Waals surface area contributed by atoms with E-state index in [1.54, 1.807) is 12.1 Å². The molecular formula is C29H37Cl2F3N4O2. The molecule has 40 heavy (non-hydrogen) atoms. The number of benzene rings is 2. The van der Waals surface area contributed by atoms with Crippen LogP contribution in [0.3, 0.4) is 0 Å². The van der Waals surface area contributed by atoms with Gasteiger partial charge in [-0.05, 0) is 60.2 Å². The average molecular weight is 602 g/mol. The highest BCUT2D eigenvalue weighted by molar-refractivity contribution is 6.35. The first-order chi connectivity index (χ1) is 18.9. The molecule has 0 aromatic heterocycles.